The average molecular weight is 530 g/mol. The van der Waals surface area contributed by atoms with Crippen molar-refractivity contribution in [3.8, 4) is 0 Å². The van der Waals surface area contributed by atoms with Crippen LogP contribution in [0.2, 0.25) is 5.02 Å². The third-order valence-electron chi connectivity index (χ3n) is 6.39. The Morgan fingerprint density at radius 3 is 2.58 bits per heavy atom. The van der Waals surface area contributed by atoms with Crippen LogP contribution in [0, 0.1) is 0 Å². The molecule has 1 aliphatic heterocycles. The molecular formula is C29H24ClN3O5. The number of para-hydroxylation sites is 1. The summed E-state index contributed by atoms with van der Waals surface area (Å²) < 4.78 is 5.45. The summed E-state index contributed by atoms with van der Waals surface area (Å²) in [5, 5.41) is 12.5. The van der Waals surface area contributed by atoms with Crippen molar-refractivity contribution in [3.05, 3.63) is 106 Å². The summed E-state index contributed by atoms with van der Waals surface area (Å²) >= 11 is 5.89. The summed E-state index contributed by atoms with van der Waals surface area (Å²) in [5.41, 5.74) is 4.04. The maximum Gasteiger partial charge on any atom is 0.339 e. The second kappa shape index (κ2) is 11.0. The fraction of sp³-hybridized carbons (Fsp3) is 0.172. The minimum Gasteiger partial charge on any atom is -0.478 e. The normalized spacial score (nSPS) is 13.1. The molecule has 192 valence electrons. The van der Waals surface area contributed by atoms with E-state index in [1.807, 2.05) is 42.5 Å². The molecule has 0 unspecified atom stereocenters. The predicted molar refractivity (Wildman–Crippen MR) is 143 cm³/mol. The zero-order chi connectivity index (χ0) is 26.6. The van der Waals surface area contributed by atoms with Crippen LogP contribution in [0.3, 0.4) is 0 Å². The van der Waals surface area contributed by atoms with Gasteiger partial charge in [0, 0.05) is 48.4 Å². The second-order valence-corrected chi connectivity index (χ2v) is 9.41. The van der Waals surface area contributed by atoms with Crippen LogP contribution < -0.4 is 5.32 Å². The molecule has 0 bridgehead atoms. The molecule has 38 heavy (non-hydrogen) atoms. The third-order valence-corrected chi connectivity index (χ3v) is 6.72. The number of hydrogen-bond acceptors (Lipinski definition) is 6. The van der Waals surface area contributed by atoms with Gasteiger partial charge in [-0.25, -0.2) is 9.59 Å². The summed E-state index contributed by atoms with van der Waals surface area (Å²) in [6.45, 7) is 1.54. The van der Waals surface area contributed by atoms with Gasteiger partial charge in [0.2, 0.25) is 0 Å². The SMILES string of the molecule is O=C(COC(=O)c1c2c(nc3ccccc13)CCN(Cc1ccccc1)C2)Nc1ccc(Cl)c(C(=O)O)c1. The fourth-order valence-electron chi connectivity index (χ4n) is 4.62. The number of carbonyl (C=O) groups excluding carboxylic acids is 2. The van der Waals surface area contributed by atoms with Gasteiger partial charge < -0.3 is 15.2 Å². The molecule has 0 saturated carbocycles. The van der Waals surface area contributed by atoms with Crippen LogP contribution in [-0.4, -0.2) is 46.0 Å². The van der Waals surface area contributed by atoms with Gasteiger partial charge in [-0.2, -0.15) is 0 Å². The summed E-state index contributed by atoms with van der Waals surface area (Å²) in [6, 6.07) is 21.6. The molecule has 1 aromatic heterocycles. The van der Waals surface area contributed by atoms with Crippen LogP contribution >= 0.6 is 11.6 Å². The number of carbonyl (C=O) groups is 3. The molecule has 1 amide bonds. The summed E-state index contributed by atoms with van der Waals surface area (Å²) in [7, 11) is 0. The highest BCUT2D eigenvalue weighted by atomic mass is 35.5. The Balaban J connectivity index is 1.35. The first-order valence-corrected chi connectivity index (χ1v) is 12.4. The monoisotopic (exact) mass is 529 g/mol. The van der Waals surface area contributed by atoms with Gasteiger partial charge in [0.15, 0.2) is 6.61 Å². The van der Waals surface area contributed by atoms with Gasteiger partial charge in [-0.1, -0.05) is 60.1 Å². The highest BCUT2D eigenvalue weighted by molar-refractivity contribution is 6.33. The Morgan fingerprint density at radius 2 is 1.79 bits per heavy atom. The van der Waals surface area contributed by atoms with Crippen LogP contribution in [0.15, 0.2) is 72.8 Å². The van der Waals surface area contributed by atoms with Crippen LogP contribution in [0.4, 0.5) is 5.69 Å². The van der Waals surface area contributed by atoms with Gasteiger partial charge in [-0.3, -0.25) is 14.7 Å². The molecule has 4 aromatic rings. The number of pyridine rings is 1. The van der Waals surface area contributed by atoms with Crippen molar-refractivity contribution in [1.82, 2.24) is 9.88 Å². The molecule has 2 N–H and O–H groups in total. The summed E-state index contributed by atoms with van der Waals surface area (Å²) in [4.78, 5) is 44.3. The quantitative estimate of drug-likeness (QED) is 0.326. The zero-order valence-corrected chi connectivity index (χ0v) is 21.1. The predicted octanol–water partition coefficient (Wildman–Crippen LogP) is 4.94. The van der Waals surface area contributed by atoms with E-state index >= 15 is 0 Å². The number of fused-ring (bicyclic) bond motifs is 2. The first kappa shape index (κ1) is 25.4. The van der Waals surface area contributed by atoms with E-state index in [0.717, 1.165) is 24.3 Å². The highest BCUT2D eigenvalue weighted by Crippen LogP contribution is 2.29. The molecule has 0 fully saturated rings. The Morgan fingerprint density at radius 1 is 1.03 bits per heavy atom. The Hall–Kier alpha value is -4.27. The van der Waals surface area contributed by atoms with Crippen molar-refractivity contribution < 1.29 is 24.2 Å². The lowest BCUT2D eigenvalue weighted by atomic mass is 9.95. The van der Waals surface area contributed by atoms with E-state index in [-0.39, 0.29) is 16.3 Å². The number of nitrogens with zero attached hydrogens (tertiary/aromatic N) is 2. The highest BCUT2D eigenvalue weighted by Gasteiger charge is 2.27. The number of aromatic nitrogens is 1. The molecule has 0 radical (unpaired) electrons. The largest absolute Gasteiger partial charge is 0.478 e. The second-order valence-electron chi connectivity index (χ2n) is 9.00. The van der Waals surface area contributed by atoms with Crippen molar-refractivity contribution >= 4 is 46.0 Å². The average Bonchev–Trinajstić information content (AvgIpc) is 2.92. The lowest BCUT2D eigenvalue weighted by Crippen LogP contribution is -2.32. The number of anilines is 1. The number of hydrogen-bond donors (Lipinski definition) is 2. The third kappa shape index (κ3) is 5.51. The van der Waals surface area contributed by atoms with Crippen molar-refractivity contribution in [3.63, 3.8) is 0 Å². The number of rotatable bonds is 7. The number of benzene rings is 3. The first-order chi connectivity index (χ1) is 18.4. The number of halogens is 1. The molecule has 5 rings (SSSR count). The topological polar surface area (TPSA) is 109 Å². The van der Waals surface area contributed by atoms with Gasteiger partial charge in [-0.15, -0.1) is 0 Å². The number of ether oxygens (including phenoxy) is 1. The van der Waals surface area contributed by atoms with Crippen LogP contribution in [-0.2, 0) is 29.0 Å². The Kier molecular flexibility index (Phi) is 7.35. The van der Waals surface area contributed by atoms with Gasteiger partial charge in [-0.05, 0) is 29.8 Å². The van der Waals surface area contributed by atoms with Crippen molar-refractivity contribution in [2.75, 3.05) is 18.5 Å². The first-order valence-electron chi connectivity index (χ1n) is 12.1. The number of aromatic carboxylic acids is 1. The molecule has 0 saturated heterocycles. The van der Waals surface area contributed by atoms with Crippen molar-refractivity contribution in [2.45, 2.75) is 19.5 Å². The Bertz CT molecular complexity index is 1540. The maximum atomic E-state index is 13.4. The number of nitrogens with one attached hydrogen (secondary N) is 1. The molecule has 0 atom stereocenters. The van der Waals surface area contributed by atoms with E-state index in [4.69, 9.17) is 21.3 Å². The van der Waals surface area contributed by atoms with Crippen molar-refractivity contribution in [1.29, 1.82) is 0 Å². The molecule has 9 heteroatoms. The van der Waals surface area contributed by atoms with Gasteiger partial charge in [0.25, 0.3) is 5.91 Å². The number of amides is 1. The molecule has 8 nitrogen and oxygen atoms in total. The lowest BCUT2D eigenvalue weighted by Gasteiger charge is -2.30. The smallest absolute Gasteiger partial charge is 0.339 e. The molecule has 3 aromatic carbocycles. The van der Waals surface area contributed by atoms with Crippen molar-refractivity contribution in [2.24, 2.45) is 0 Å². The van der Waals surface area contributed by atoms with Gasteiger partial charge in [0.05, 0.1) is 21.7 Å². The minimum absolute atomic E-state index is 0.0533. The molecule has 2 heterocycles. The number of carboxylic acid groups (broad SMARTS) is 1. The summed E-state index contributed by atoms with van der Waals surface area (Å²) in [5.74, 6) is -2.43. The van der Waals surface area contributed by atoms with E-state index in [0.29, 0.717) is 29.4 Å². The lowest BCUT2D eigenvalue weighted by molar-refractivity contribution is -0.119. The number of carboxylic acids is 1. The van der Waals surface area contributed by atoms with Crippen LogP contribution in [0.5, 0.6) is 0 Å². The van der Waals surface area contributed by atoms with E-state index in [2.05, 4.69) is 22.3 Å². The van der Waals surface area contributed by atoms with Gasteiger partial charge in [0.1, 0.15) is 0 Å². The molecular weight excluding hydrogens is 506 g/mol. The van der Waals surface area contributed by atoms with Crippen LogP contribution in [0.25, 0.3) is 10.9 Å². The number of esters is 1. The molecule has 0 spiro atoms. The molecule has 0 aliphatic carbocycles. The van der Waals surface area contributed by atoms with E-state index in [9.17, 15) is 19.5 Å². The fourth-order valence-corrected chi connectivity index (χ4v) is 4.82. The molecule has 1 aliphatic rings. The van der Waals surface area contributed by atoms with E-state index in [1.54, 1.807) is 0 Å². The van der Waals surface area contributed by atoms with E-state index < -0.39 is 24.5 Å². The maximum absolute atomic E-state index is 13.4. The van der Waals surface area contributed by atoms with Crippen LogP contribution in [0.1, 0.15) is 37.5 Å². The minimum atomic E-state index is -1.21. The van der Waals surface area contributed by atoms with Gasteiger partial charge >= 0.3 is 11.9 Å². The standard InChI is InChI=1S/C29H24ClN3O5/c30-23-11-10-19(14-21(23)28(35)36)31-26(34)17-38-29(37)27-20-8-4-5-9-24(20)32-25-12-13-33(16-22(25)27)15-18-6-2-1-3-7-18/h1-11,14H,12-13,15-17H2,(H,31,34)(H,35,36). The van der Waals surface area contributed by atoms with E-state index in [1.165, 1.54) is 23.8 Å². The zero-order valence-electron chi connectivity index (χ0n) is 20.3. The Labute approximate surface area is 223 Å². The summed E-state index contributed by atoms with van der Waals surface area (Å²) in [6.07, 6.45) is 0.691.